The molecule has 0 aromatic heterocycles. The summed E-state index contributed by atoms with van der Waals surface area (Å²) in [6.45, 7) is 7.40. The Labute approximate surface area is 176 Å². The predicted octanol–water partition coefficient (Wildman–Crippen LogP) is 3.97. The highest BCUT2D eigenvalue weighted by Crippen LogP contribution is 2.36. The molecule has 2 aromatic carbocycles. The molecule has 152 valence electrons. The number of hydrazone groups is 1. The molecule has 0 bridgehead atoms. The van der Waals surface area contributed by atoms with Crippen LogP contribution in [0.25, 0.3) is 0 Å². The van der Waals surface area contributed by atoms with Crippen LogP contribution in [0.5, 0.6) is 0 Å². The Bertz CT molecular complexity index is 937. The summed E-state index contributed by atoms with van der Waals surface area (Å²) in [4.78, 5) is 15.4. The van der Waals surface area contributed by atoms with Crippen molar-refractivity contribution in [2.45, 2.75) is 26.3 Å². The van der Waals surface area contributed by atoms with Gasteiger partial charge < -0.3 is 4.74 Å². The second kappa shape index (κ2) is 8.66. The van der Waals surface area contributed by atoms with E-state index in [1.807, 2.05) is 24.3 Å². The molecule has 0 radical (unpaired) electrons. The summed E-state index contributed by atoms with van der Waals surface area (Å²) in [7, 11) is 0. The average molecular weight is 412 g/mol. The molecule has 2 heterocycles. The molecule has 6 heteroatoms. The third-order valence-corrected chi connectivity index (χ3v) is 5.94. The molecule has 0 saturated carbocycles. The number of hydrogen-bond acceptors (Lipinski definition) is 4. The smallest absolute Gasteiger partial charge is 0.257 e. The molecule has 1 atom stereocenters. The first-order valence-electron chi connectivity index (χ1n) is 10.0. The first kappa shape index (κ1) is 20.1. The third kappa shape index (κ3) is 4.37. The van der Waals surface area contributed by atoms with Gasteiger partial charge in [0.25, 0.3) is 5.91 Å². The van der Waals surface area contributed by atoms with Crippen molar-refractivity contribution in [2.24, 2.45) is 5.10 Å². The molecule has 0 spiro atoms. The lowest BCUT2D eigenvalue weighted by Gasteiger charge is -2.29. The van der Waals surface area contributed by atoms with E-state index < -0.39 is 0 Å². The van der Waals surface area contributed by atoms with Crippen LogP contribution in [0.15, 0.2) is 47.6 Å². The minimum atomic E-state index is -0.116. The molecule has 1 amide bonds. The molecule has 4 rings (SSSR count). The zero-order valence-electron chi connectivity index (χ0n) is 16.9. The van der Waals surface area contributed by atoms with E-state index in [0.29, 0.717) is 31.2 Å². The summed E-state index contributed by atoms with van der Waals surface area (Å²) >= 11 is 6.43. The molecule has 29 heavy (non-hydrogen) atoms. The number of rotatable bonds is 4. The minimum absolute atomic E-state index is 0.0138. The Morgan fingerprint density at radius 2 is 1.93 bits per heavy atom. The van der Waals surface area contributed by atoms with Gasteiger partial charge in [-0.25, -0.2) is 5.01 Å². The number of halogens is 1. The Morgan fingerprint density at radius 1 is 1.17 bits per heavy atom. The summed E-state index contributed by atoms with van der Waals surface area (Å²) in [5.41, 5.74) is 5.24. The van der Waals surface area contributed by atoms with E-state index >= 15 is 0 Å². The molecule has 0 aliphatic carbocycles. The van der Waals surface area contributed by atoms with Gasteiger partial charge in [-0.3, -0.25) is 9.69 Å². The van der Waals surface area contributed by atoms with Gasteiger partial charge in [-0.1, -0.05) is 53.6 Å². The lowest BCUT2D eigenvalue weighted by molar-refractivity contribution is -0.135. The highest BCUT2D eigenvalue weighted by Gasteiger charge is 2.35. The quantitative estimate of drug-likeness (QED) is 0.764. The van der Waals surface area contributed by atoms with E-state index in [4.69, 9.17) is 21.4 Å². The van der Waals surface area contributed by atoms with Crippen molar-refractivity contribution >= 4 is 23.2 Å². The van der Waals surface area contributed by atoms with E-state index in [1.54, 1.807) is 5.01 Å². The highest BCUT2D eigenvalue weighted by atomic mass is 35.5. The van der Waals surface area contributed by atoms with Gasteiger partial charge in [-0.05, 0) is 31.0 Å². The standard InChI is InChI=1S/C23H26ClN3O2/c1-16-7-8-17(2)19(13-16)22-14-21(18-5-3-4-6-20(18)24)25-27(22)23(28)15-26-9-11-29-12-10-26/h3-8,13,22H,9-12,14-15H2,1-2H3. The van der Waals surface area contributed by atoms with Crippen molar-refractivity contribution in [1.29, 1.82) is 0 Å². The van der Waals surface area contributed by atoms with Crippen LogP contribution in [0.4, 0.5) is 0 Å². The van der Waals surface area contributed by atoms with Crippen LogP contribution in [0, 0.1) is 13.8 Å². The van der Waals surface area contributed by atoms with Crippen molar-refractivity contribution in [1.82, 2.24) is 9.91 Å². The van der Waals surface area contributed by atoms with Gasteiger partial charge in [0, 0.05) is 30.1 Å². The molecule has 1 unspecified atom stereocenters. The van der Waals surface area contributed by atoms with E-state index in [2.05, 4.69) is 36.9 Å². The van der Waals surface area contributed by atoms with Crippen LogP contribution < -0.4 is 0 Å². The molecular weight excluding hydrogens is 386 g/mol. The maximum Gasteiger partial charge on any atom is 0.257 e. The summed E-state index contributed by atoms with van der Waals surface area (Å²) in [5, 5.41) is 7.11. The Kier molecular flexibility index (Phi) is 5.99. The van der Waals surface area contributed by atoms with Crippen LogP contribution in [0.2, 0.25) is 5.02 Å². The summed E-state index contributed by atoms with van der Waals surface area (Å²) < 4.78 is 5.41. The molecule has 0 N–H and O–H groups in total. The normalized spacial score (nSPS) is 20.0. The number of aryl methyl sites for hydroxylation is 2. The van der Waals surface area contributed by atoms with Crippen LogP contribution in [0.1, 0.15) is 34.7 Å². The van der Waals surface area contributed by atoms with Crippen LogP contribution in [0.3, 0.4) is 0 Å². The number of morpholine rings is 1. The fourth-order valence-electron chi connectivity index (χ4n) is 3.98. The zero-order chi connectivity index (χ0) is 20.4. The van der Waals surface area contributed by atoms with Gasteiger partial charge in [0.1, 0.15) is 0 Å². The third-order valence-electron chi connectivity index (χ3n) is 5.61. The van der Waals surface area contributed by atoms with E-state index in [1.165, 1.54) is 11.1 Å². The average Bonchev–Trinajstić information content (AvgIpc) is 3.16. The van der Waals surface area contributed by atoms with Gasteiger partial charge in [0.2, 0.25) is 0 Å². The largest absolute Gasteiger partial charge is 0.379 e. The minimum Gasteiger partial charge on any atom is -0.379 e. The fourth-order valence-corrected chi connectivity index (χ4v) is 4.23. The van der Waals surface area contributed by atoms with Gasteiger partial charge in [-0.2, -0.15) is 5.10 Å². The van der Waals surface area contributed by atoms with Crippen LogP contribution in [-0.2, 0) is 9.53 Å². The summed E-state index contributed by atoms with van der Waals surface area (Å²) in [6, 6.07) is 14.0. The highest BCUT2D eigenvalue weighted by molar-refractivity contribution is 6.34. The molecule has 2 aliphatic heterocycles. The number of amides is 1. The second-order valence-electron chi connectivity index (χ2n) is 7.73. The van der Waals surface area contributed by atoms with Crippen molar-refractivity contribution in [3.63, 3.8) is 0 Å². The number of ether oxygens (including phenoxy) is 1. The number of hydrogen-bond donors (Lipinski definition) is 0. The van der Waals surface area contributed by atoms with Crippen LogP contribution in [-0.4, -0.2) is 54.4 Å². The van der Waals surface area contributed by atoms with Crippen LogP contribution >= 0.6 is 11.6 Å². The maximum absolute atomic E-state index is 13.3. The van der Waals surface area contributed by atoms with E-state index in [0.717, 1.165) is 29.9 Å². The Hall–Kier alpha value is -2.21. The first-order chi connectivity index (χ1) is 14.0. The SMILES string of the molecule is Cc1ccc(C)c(C2CC(c3ccccc3Cl)=NN2C(=O)CN2CCOCC2)c1. The van der Waals surface area contributed by atoms with Gasteiger partial charge >= 0.3 is 0 Å². The Morgan fingerprint density at radius 3 is 2.69 bits per heavy atom. The topological polar surface area (TPSA) is 45.1 Å². The molecule has 5 nitrogen and oxygen atoms in total. The monoisotopic (exact) mass is 411 g/mol. The number of carbonyl (C=O) groups is 1. The fraction of sp³-hybridized carbons (Fsp3) is 0.391. The van der Waals surface area contributed by atoms with Gasteiger partial charge in [0.15, 0.2) is 0 Å². The maximum atomic E-state index is 13.3. The van der Waals surface area contributed by atoms with E-state index in [-0.39, 0.29) is 11.9 Å². The van der Waals surface area contributed by atoms with Gasteiger partial charge in [-0.15, -0.1) is 0 Å². The Balaban J connectivity index is 1.66. The first-order valence-corrected chi connectivity index (χ1v) is 10.4. The van der Waals surface area contributed by atoms with E-state index in [9.17, 15) is 4.79 Å². The van der Waals surface area contributed by atoms with Gasteiger partial charge in [0.05, 0.1) is 31.5 Å². The lowest BCUT2D eigenvalue weighted by Crippen LogP contribution is -2.43. The van der Waals surface area contributed by atoms with Crippen molar-refractivity contribution in [2.75, 3.05) is 32.8 Å². The van der Waals surface area contributed by atoms with Crippen molar-refractivity contribution in [3.05, 3.63) is 69.7 Å². The second-order valence-corrected chi connectivity index (χ2v) is 8.14. The van der Waals surface area contributed by atoms with Crippen molar-refractivity contribution in [3.8, 4) is 0 Å². The molecule has 1 saturated heterocycles. The zero-order valence-corrected chi connectivity index (χ0v) is 17.7. The van der Waals surface area contributed by atoms with Crippen molar-refractivity contribution < 1.29 is 9.53 Å². The molecule has 1 fully saturated rings. The summed E-state index contributed by atoms with van der Waals surface area (Å²) in [6.07, 6.45) is 0.656. The molecular formula is C23H26ClN3O2. The summed E-state index contributed by atoms with van der Waals surface area (Å²) in [5.74, 6) is 0.0138. The number of carbonyl (C=O) groups excluding carboxylic acids is 1. The number of benzene rings is 2. The molecule has 2 aliphatic rings. The number of nitrogens with zero attached hydrogens (tertiary/aromatic N) is 3. The molecule has 2 aromatic rings. The lowest BCUT2D eigenvalue weighted by atomic mass is 9.94. The predicted molar refractivity (Wildman–Crippen MR) is 115 cm³/mol.